The van der Waals surface area contributed by atoms with Crippen molar-refractivity contribution in [1.29, 1.82) is 0 Å². The predicted molar refractivity (Wildman–Crippen MR) is 142 cm³/mol. The van der Waals surface area contributed by atoms with Crippen molar-refractivity contribution in [3.05, 3.63) is 70.8 Å². The minimum absolute atomic E-state index is 0.0267. The topological polar surface area (TPSA) is 161 Å². The van der Waals surface area contributed by atoms with E-state index in [-0.39, 0.29) is 37.3 Å². The lowest BCUT2D eigenvalue weighted by Crippen LogP contribution is -2.20. The van der Waals surface area contributed by atoms with Crippen LogP contribution in [0, 0.1) is 0 Å². The van der Waals surface area contributed by atoms with Crippen LogP contribution in [0.3, 0.4) is 0 Å². The van der Waals surface area contributed by atoms with E-state index in [2.05, 4.69) is 37.4 Å². The van der Waals surface area contributed by atoms with Crippen LogP contribution in [-0.2, 0) is 27.3 Å². The summed E-state index contributed by atoms with van der Waals surface area (Å²) in [5, 5.41) is 31.0. The van der Waals surface area contributed by atoms with Crippen molar-refractivity contribution in [3.63, 3.8) is 0 Å². The first-order valence-electron chi connectivity index (χ1n) is 12.7. The van der Waals surface area contributed by atoms with Crippen LogP contribution in [0.25, 0.3) is 22.5 Å². The summed E-state index contributed by atoms with van der Waals surface area (Å²) in [6, 6.07) is 15.8. The number of unbranched alkanes of at least 4 members (excludes halogenated alkanes) is 1. The Kier molecular flexibility index (Phi) is 10.7. The number of H-pyrrole nitrogens is 1. The van der Waals surface area contributed by atoms with E-state index in [0.717, 1.165) is 35.1 Å². The van der Waals surface area contributed by atoms with Crippen LogP contribution in [0.5, 0.6) is 0 Å². The Hall–Kier alpha value is -3.72. The highest BCUT2D eigenvalue weighted by atomic mass is 35.5. The zero-order chi connectivity index (χ0) is 28.3. The first-order valence-corrected chi connectivity index (χ1v) is 13.1. The van der Waals surface area contributed by atoms with Gasteiger partial charge in [-0.2, -0.15) is 5.21 Å². The maximum absolute atomic E-state index is 13.0. The standard InChI is InChI=1S/C26H30ClN7O6/c1-2-3-8-22-28-24(27)23(26(35)39-15-13-38-14-16-40-34(36)37)33(22)17-18-9-11-19(12-10-18)20-6-4-5-7-21(20)25-29-31-32-30-25/h4-7,9-12,36-37H,2-3,8,13-17H2,1H3,(H,29,30,31,32). The number of carbonyl (C=O) groups excluding carboxylic acids is 1. The zero-order valence-electron chi connectivity index (χ0n) is 21.9. The van der Waals surface area contributed by atoms with Gasteiger partial charge in [-0.05, 0) is 28.3 Å². The van der Waals surface area contributed by atoms with Crippen LogP contribution >= 0.6 is 11.6 Å². The maximum atomic E-state index is 13.0. The molecular formula is C26H30ClN7O6. The third-order valence-electron chi connectivity index (χ3n) is 5.97. The Balaban J connectivity index is 1.48. The third-order valence-corrected chi connectivity index (χ3v) is 6.23. The molecule has 4 aromatic rings. The second-order valence-electron chi connectivity index (χ2n) is 8.67. The van der Waals surface area contributed by atoms with Gasteiger partial charge in [-0.3, -0.25) is 10.4 Å². The van der Waals surface area contributed by atoms with Gasteiger partial charge in [0, 0.05) is 18.5 Å². The van der Waals surface area contributed by atoms with Gasteiger partial charge >= 0.3 is 5.97 Å². The van der Waals surface area contributed by atoms with Crippen molar-refractivity contribution < 1.29 is 29.5 Å². The molecule has 0 saturated heterocycles. The number of ether oxygens (including phenoxy) is 2. The zero-order valence-corrected chi connectivity index (χ0v) is 22.6. The number of aromatic nitrogens is 6. The van der Waals surface area contributed by atoms with Crippen LogP contribution in [0.2, 0.25) is 5.15 Å². The molecule has 0 saturated carbocycles. The van der Waals surface area contributed by atoms with Gasteiger partial charge in [-0.15, -0.1) is 10.2 Å². The largest absolute Gasteiger partial charge is 0.458 e. The average molecular weight is 572 g/mol. The molecule has 0 aliphatic carbocycles. The number of aromatic amines is 1. The van der Waals surface area contributed by atoms with Gasteiger partial charge in [0.1, 0.15) is 12.4 Å². The highest BCUT2D eigenvalue weighted by Gasteiger charge is 2.23. The molecule has 2 aromatic heterocycles. The normalized spacial score (nSPS) is 11.3. The van der Waals surface area contributed by atoms with E-state index >= 15 is 0 Å². The number of benzene rings is 2. The molecule has 2 aromatic carbocycles. The molecule has 3 N–H and O–H groups in total. The molecular weight excluding hydrogens is 542 g/mol. The number of imidazole rings is 1. The van der Waals surface area contributed by atoms with Gasteiger partial charge in [0.05, 0.1) is 25.2 Å². The number of carbonyl (C=O) groups is 1. The fourth-order valence-corrected chi connectivity index (χ4v) is 4.35. The summed E-state index contributed by atoms with van der Waals surface area (Å²) in [6.45, 7) is 2.52. The van der Waals surface area contributed by atoms with Gasteiger partial charge < -0.3 is 14.0 Å². The second kappa shape index (κ2) is 14.6. The summed E-state index contributed by atoms with van der Waals surface area (Å²) in [5.41, 5.74) is 3.94. The van der Waals surface area contributed by atoms with Crippen LogP contribution in [0.1, 0.15) is 41.6 Å². The van der Waals surface area contributed by atoms with Gasteiger partial charge in [0.2, 0.25) is 5.82 Å². The van der Waals surface area contributed by atoms with Crippen LogP contribution < -0.4 is 0 Å². The molecule has 13 nitrogen and oxygen atoms in total. The number of hydrogen-bond acceptors (Lipinski definition) is 11. The fourth-order valence-electron chi connectivity index (χ4n) is 4.08. The highest BCUT2D eigenvalue weighted by Crippen LogP contribution is 2.30. The summed E-state index contributed by atoms with van der Waals surface area (Å²) in [4.78, 5) is 21.8. The molecule has 212 valence electrons. The summed E-state index contributed by atoms with van der Waals surface area (Å²) in [7, 11) is 0. The second-order valence-corrected chi connectivity index (χ2v) is 9.03. The number of rotatable bonds is 15. The molecule has 0 radical (unpaired) electrons. The lowest BCUT2D eigenvalue weighted by Gasteiger charge is -2.13. The van der Waals surface area contributed by atoms with Crippen molar-refractivity contribution >= 4 is 17.6 Å². The minimum atomic E-state index is -0.609. The number of halogens is 1. The number of aryl methyl sites for hydroxylation is 1. The van der Waals surface area contributed by atoms with Gasteiger partial charge in [-0.25, -0.2) is 14.6 Å². The van der Waals surface area contributed by atoms with Crippen LogP contribution in [0.4, 0.5) is 0 Å². The lowest BCUT2D eigenvalue weighted by molar-refractivity contribution is -0.493. The summed E-state index contributed by atoms with van der Waals surface area (Å²) in [6.07, 6.45) is 2.52. The fraction of sp³-hybridized carbons (Fsp3) is 0.346. The monoisotopic (exact) mass is 571 g/mol. The first kappa shape index (κ1) is 29.3. The molecule has 4 rings (SSSR count). The van der Waals surface area contributed by atoms with E-state index in [1.165, 1.54) is 0 Å². The Morgan fingerprint density at radius 1 is 1.05 bits per heavy atom. The van der Waals surface area contributed by atoms with Crippen molar-refractivity contribution in [2.45, 2.75) is 32.7 Å². The Morgan fingerprint density at radius 2 is 1.80 bits per heavy atom. The Morgan fingerprint density at radius 3 is 2.50 bits per heavy atom. The van der Waals surface area contributed by atoms with Crippen molar-refractivity contribution in [2.75, 3.05) is 26.4 Å². The molecule has 0 atom stereocenters. The molecule has 0 bridgehead atoms. The van der Waals surface area contributed by atoms with Gasteiger partial charge in [-0.1, -0.05) is 73.5 Å². The molecule has 0 amide bonds. The van der Waals surface area contributed by atoms with E-state index in [4.69, 9.17) is 31.5 Å². The number of esters is 1. The molecule has 14 heteroatoms. The summed E-state index contributed by atoms with van der Waals surface area (Å²) in [5.74, 6) is 0.607. The van der Waals surface area contributed by atoms with E-state index in [1.54, 1.807) is 4.57 Å². The predicted octanol–water partition coefficient (Wildman–Crippen LogP) is 3.96. The minimum Gasteiger partial charge on any atom is -0.458 e. The first-order chi connectivity index (χ1) is 19.5. The van der Waals surface area contributed by atoms with Crippen molar-refractivity contribution in [1.82, 2.24) is 35.6 Å². The van der Waals surface area contributed by atoms with Gasteiger partial charge in [0.15, 0.2) is 10.8 Å². The summed E-state index contributed by atoms with van der Waals surface area (Å²) < 4.78 is 12.4. The van der Waals surface area contributed by atoms with Crippen LogP contribution in [0.15, 0.2) is 48.5 Å². The number of nitrogens with zero attached hydrogens (tertiary/aromatic N) is 6. The SMILES string of the molecule is CCCCc1nc(Cl)c(C(=O)OCCOCCON(O)O)n1Cc1ccc(-c2ccccc2-c2nn[nH]n2)cc1. The molecule has 0 unspecified atom stereocenters. The van der Waals surface area contributed by atoms with Crippen LogP contribution in [-0.4, -0.2) is 78.4 Å². The molecule has 0 aliphatic heterocycles. The molecule has 0 spiro atoms. The lowest BCUT2D eigenvalue weighted by atomic mass is 9.98. The Bertz CT molecular complexity index is 1360. The summed E-state index contributed by atoms with van der Waals surface area (Å²) >= 11 is 6.42. The number of tetrazole rings is 1. The van der Waals surface area contributed by atoms with E-state index in [0.29, 0.717) is 24.6 Å². The number of hydrogen-bond donors (Lipinski definition) is 3. The van der Waals surface area contributed by atoms with Crippen molar-refractivity contribution in [2.24, 2.45) is 0 Å². The van der Waals surface area contributed by atoms with E-state index < -0.39 is 11.4 Å². The highest BCUT2D eigenvalue weighted by molar-refractivity contribution is 6.32. The average Bonchev–Trinajstić information content (AvgIpc) is 3.60. The maximum Gasteiger partial charge on any atom is 0.358 e. The van der Waals surface area contributed by atoms with Crippen molar-refractivity contribution in [3.8, 4) is 22.5 Å². The Labute approximate surface area is 235 Å². The molecule has 2 heterocycles. The third kappa shape index (κ3) is 7.69. The number of nitrogens with one attached hydrogen (secondary N) is 1. The quantitative estimate of drug-likeness (QED) is 0.108. The van der Waals surface area contributed by atoms with Gasteiger partial charge in [0.25, 0.3) is 0 Å². The molecule has 0 aliphatic rings. The van der Waals surface area contributed by atoms with E-state index in [9.17, 15) is 4.79 Å². The molecule has 0 fully saturated rings. The molecule has 40 heavy (non-hydrogen) atoms. The smallest absolute Gasteiger partial charge is 0.358 e. The van der Waals surface area contributed by atoms with E-state index in [1.807, 2.05) is 48.5 Å².